The number of piperidine rings is 2. The van der Waals surface area contributed by atoms with Crippen LogP contribution >= 0.6 is 0 Å². The van der Waals surface area contributed by atoms with Crippen LogP contribution in [0.25, 0.3) is 11.1 Å². The van der Waals surface area contributed by atoms with Gasteiger partial charge in [-0.2, -0.15) is 0 Å². The largest absolute Gasteiger partial charge is 0.342 e. The molecule has 0 spiro atoms. The van der Waals surface area contributed by atoms with Crippen molar-refractivity contribution in [3.05, 3.63) is 95.6 Å². The summed E-state index contributed by atoms with van der Waals surface area (Å²) >= 11 is 0. The van der Waals surface area contributed by atoms with Gasteiger partial charge in [0.2, 0.25) is 5.91 Å². The van der Waals surface area contributed by atoms with Gasteiger partial charge < -0.3 is 4.90 Å². The highest BCUT2D eigenvalue weighted by Crippen LogP contribution is 2.30. The SMILES string of the molecule is O=C(C1CCCN(Cc2cccc(-c3ccc(F)cc3F)c2)C1)N1CCC(c2ccccc2)CC1. The number of carbonyl (C=O) groups excluding carboxylic acids is 1. The van der Waals surface area contributed by atoms with Crippen LogP contribution in [0.5, 0.6) is 0 Å². The molecule has 1 atom stereocenters. The predicted molar refractivity (Wildman–Crippen MR) is 135 cm³/mol. The van der Waals surface area contributed by atoms with Crippen molar-refractivity contribution in [3.8, 4) is 11.1 Å². The molecule has 2 fully saturated rings. The van der Waals surface area contributed by atoms with Crippen LogP contribution in [0.3, 0.4) is 0 Å². The fraction of sp³-hybridized carbons (Fsp3) is 0.367. The minimum Gasteiger partial charge on any atom is -0.342 e. The molecule has 0 aromatic heterocycles. The van der Waals surface area contributed by atoms with Gasteiger partial charge in [0.1, 0.15) is 11.6 Å². The summed E-state index contributed by atoms with van der Waals surface area (Å²) in [4.78, 5) is 17.7. The van der Waals surface area contributed by atoms with Gasteiger partial charge in [-0.3, -0.25) is 9.69 Å². The third-order valence-corrected chi connectivity index (χ3v) is 7.51. The van der Waals surface area contributed by atoms with Gasteiger partial charge in [-0.05, 0) is 73.0 Å². The number of rotatable bonds is 5. The Hall–Kier alpha value is -3.05. The van der Waals surface area contributed by atoms with E-state index in [-0.39, 0.29) is 5.92 Å². The summed E-state index contributed by atoms with van der Waals surface area (Å²) in [6.45, 7) is 4.10. The van der Waals surface area contributed by atoms with Crippen LogP contribution in [0.4, 0.5) is 8.78 Å². The maximum atomic E-state index is 14.3. The maximum absolute atomic E-state index is 14.3. The lowest BCUT2D eigenvalue weighted by atomic mass is 9.88. The Morgan fingerprint density at radius 2 is 1.66 bits per heavy atom. The van der Waals surface area contributed by atoms with Crippen LogP contribution in [0.2, 0.25) is 0 Å². The van der Waals surface area contributed by atoms with Crippen molar-refractivity contribution >= 4 is 5.91 Å². The Kier molecular flexibility index (Phi) is 7.24. The number of carbonyl (C=O) groups is 1. The van der Waals surface area contributed by atoms with Gasteiger partial charge in [-0.1, -0.05) is 48.5 Å². The van der Waals surface area contributed by atoms with Crippen LogP contribution in [-0.2, 0) is 11.3 Å². The van der Waals surface area contributed by atoms with Crippen LogP contribution in [0.1, 0.15) is 42.7 Å². The first-order valence-corrected chi connectivity index (χ1v) is 12.7. The zero-order chi connectivity index (χ0) is 24.2. The van der Waals surface area contributed by atoms with Gasteiger partial charge in [-0.15, -0.1) is 0 Å². The van der Waals surface area contributed by atoms with Crippen molar-refractivity contribution in [1.82, 2.24) is 9.80 Å². The van der Waals surface area contributed by atoms with Gasteiger partial charge >= 0.3 is 0 Å². The highest BCUT2D eigenvalue weighted by atomic mass is 19.1. The summed E-state index contributed by atoms with van der Waals surface area (Å²) in [5.41, 5.74) is 3.60. The summed E-state index contributed by atoms with van der Waals surface area (Å²) in [6, 6.07) is 22.1. The Bertz CT molecular complexity index is 1160. The average Bonchev–Trinajstić information content (AvgIpc) is 2.89. The van der Waals surface area contributed by atoms with Gasteiger partial charge in [0.15, 0.2) is 0 Å². The summed E-state index contributed by atoms with van der Waals surface area (Å²) in [5, 5.41) is 0. The van der Waals surface area contributed by atoms with Crippen molar-refractivity contribution in [3.63, 3.8) is 0 Å². The lowest BCUT2D eigenvalue weighted by molar-refractivity contribution is -0.138. The van der Waals surface area contributed by atoms with E-state index in [4.69, 9.17) is 0 Å². The summed E-state index contributed by atoms with van der Waals surface area (Å²) in [7, 11) is 0. The van der Waals surface area contributed by atoms with E-state index in [1.54, 1.807) is 0 Å². The molecular formula is C30H32F2N2O. The predicted octanol–water partition coefficient (Wildman–Crippen LogP) is 6.25. The first-order valence-electron chi connectivity index (χ1n) is 12.7. The third-order valence-electron chi connectivity index (χ3n) is 7.51. The molecule has 3 aromatic rings. The van der Waals surface area contributed by atoms with Gasteiger partial charge in [0.25, 0.3) is 0 Å². The van der Waals surface area contributed by atoms with E-state index in [0.29, 0.717) is 17.4 Å². The van der Waals surface area contributed by atoms with Crippen LogP contribution in [0.15, 0.2) is 72.8 Å². The molecule has 0 aliphatic carbocycles. The molecule has 2 aliphatic heterocycles. The van der Waals surface area contributed by atoms with E-state index in [0.717, 1.165) is 75.6 Å². The van der Waals surface area contributed by atoms with Crippen molar-refractivity contribution in [1.29, 1.82) is 0 Å². The molecule has 1 unspecified atom stereocenters. The number of nitrogens with zero attached hydrogens (tertiary/aromatic N) is 2. The molecule has 35 heavy (non-hydrogen) atoms. The second kappa shape index (κ2) is 10.7. The molecule has 182 valence electrons. The van der Waals surface area contributed by atoms with Gasteiger partial charge in [0.05, 0.1) is 5.92 Å². The fourth-order valence-electron chi connectivity index (χ4n) is 5.64. The molecule has 0 N–H and O–H groups in total. The minimum absolute atomic E-state index is 0.0368. The van der Waals surface area contributed by atoms with E-state index in [9.17, 15) is 13.6 Å². The number of halogens is 2. The Balaban J connectivity index is 1.19. The molecule has 2 saturated heterocycles. The Morgan fingerprint density at radius 1 is 0.857 bits per heavy atom. The zero-order valence-electron chi connectivity index (χ0n) is 20.0. The average molecular weight is 475 g/mol. The summed E-state index contributed by atoms with van der Waals surface area (Å²) in [5.74, 6) is -0.253. The molecular weight excluding hydrogens is 442 g/mol. The van der Waals surface area contributed by atoms with Gasteiger partial charge in [-0.25, -0.2) is 8.78 Å². The van der Waals surface area contributed by atoms with Crippen molar-refractivity contribution in [2.24, 2.45) is 5.92 Å². The third kappa shape index (κ3) is 5.62. The number of benzene rings is 3. The second-order valence-corrected chi connectivity index (χ2v) is 9.91. The number of hydrogen-bond donors (Lipinski definition) is 0. The molecule has 3 nitrogen and oxygen atoms in total. The molecule has 2 heterocycles. The highest BCUT2D eigenvalue weighted by molar-refractivity contribution is 5.79. The lowest BCUT2D eigenvalue weighted by Crippen LogP contribution is -2.46. The number of hydrogen-bond acceptors (Lipinski definition) is 2. The summed E-state index contributed by atoms with van der Waals surface area (Å²) < 4.78 is 27.6. The molecule has 0 radical (unpaired) electrons. The molecule has 1 amide bonds. The monoisotopic (exact) mass is 474 g/mol. The first kappa shape index (κ1) is 23.7. The fourth-order valence-corrected chi connectivity index (χ4v) is 5.64. The molecule has 3 aromatic carbocycles. The first-order chi connectivity index (χ1) is 17.1. The molecule has 5 rings (SSSR count). The quantitative estimate of drug-likeness (QED) is 0.436. The Morgan fingerprint density at radius 3 is 2.43 bits per heavy atom. The molecule has 0 saturated carbocycles. The maximum Gasteiger partial charge on any atom is 0.226 e. The van der Waals surface area contributed by atoms with E-state index in [2.05, 4.69) is 34.1 Å². The van der Waals surface area contributed by atoms with Crippen LogP contribution < -0.4 is 0 Å². The Labute approximate surface area is 206 Å². The topological polar surface area (TPSA) is 23.6 Å². The van der Waals surface area contributed by atoms with Crippen molar-refractivity contribution < 1.29 is 13.6 Å². The van der Waals surface area contributed by atoms with E-state index in [1.807, 2.05) is 30.3 Å². The minimum atomic E-state index is -0.573. The van der Waals surface area contributed by atoms with E-state index in [1.165, 1.54) is 17.7 Å². The zero-order valence-corrected chi connectivity index (χ0v) is 20.0. The molecule has 5 heteroatoms. The number of likely N-dealkylation sites (tertiary alicyclic amines) is 2. The molecule has 2 aliphatic rings. The standard InChI is InChI=1S/C30H32F2N2O/c31-27-11-12-28(29(32)19-27)25-9-4-6-22(18-25)20-33-15-5-10-26(21-33)30(35)34-16-13-24(14-17-34)23-7-2-1-3-8-23/h1-4,6-9,11-12,18-19,24,26H,5,10,13-17,20-21H2. The van der Waals surface area contributed by atoms with Crippen molar-refractivity contribution in [2.45, 2.75) is 38.1 Å². The smallest absolute Gasteiger partial charge is 0.226 e. The van der Waals surface area contributed by atoms with Gasteiger partial charge in [0, 0.05) is 37.8 Å². The summed E-state index contributed by atoms with van der Waals surface area (Å²) in [6.07, 6.45) is 4.00. The van der Waals surface area contributed by atoms with E-state index < -0.39 is 11.6 Å². The lowest BCUT2D eigenvalue weighted by Gasteiger charge is -2.38. The van der Waals surface area contributed by atoms with Crippen LogP contribution in [0, 0.1) is 17.6 Å². The van der Waals surface area contributed by atoms with Crippen molar-refractivity contribution in [2.75, 3.05) is 26.2 Å². The molecule has 0 bridgehead atoms. The normalized spacial score (nSPS) is 19.6. The second-order valence-electron chi connectivity index (χ2n) is 9.91. The van der Waals surface area contributed by atoms with Crippen LogP contribution in [-0.4, -0.2) is 41.9 Å². The number of amides is 1. The highest BCUT2D eigenvalue weighted by Gasteiger charge is 2.31. The van der Waals surface area contributed by atoms with E-state index >= 15 is 0 Å².